The van der Waals surface area contributed by atoms with Gasteiger partial charge in [0.1, 0.15) is 0 Å². The number of nitrogens with one attached hydrogen (secondary N) is 1. The molecule has 3 rings (SSSR count). The molecule has 21 heavy (non-hydrogen) atoms. The quantitative estimate of drug-likeness (QED) is 0.658. The largest absolute Gasteiger partial charge is 0.280 e. The Bertz CT molecular complexity index is 884. The van der Waals surface area contributed by atoms with E-state index in [1.54, 1.807) is 24.3 Å². The molecule has 0 heterocycles. The van der Waals surface area contributed by atoms with Crippen LogP contribution in [-0.4, -0.2) is 8.42 Å². The highest BCUT2D eigenvalue weighted by atomic mass is 127. The maximum Gasteiger partial charge on any atom is 0.262 e. The van der Waals surface area contributed by atoms with Gasteiger partial charge in [-0.3, -0.25) is 4.72 Å². The number of benzene rings is 3. The zero-order chi connectivity index (χ0) is 14.9. The Morgan fingerprint density at radius 1 is 0.810 bits per heavy atom. The van der Waals surface area contributed by atoms with E-state index in [-0.39, 0.29) is 0 Å². The lowest BCUT2D eigenvalue weighted by Gasteiger charge is -2.10. The zero-order valence-electron chi connectivity index (χ0n) is 11.0. The van der Waals surface area contributed by atoms with Crippen LogP contribution in [0.5, 0.6) is 0 Å². The van der Waals surface area contributed by atoms with E-state index in [4.69, 9.17) is 0 Å². The summed E-state index contributed by atoms with van der Waals surface area (Å²) in [6, 6.07) is 20.0. The minimum Gasteiger partial charge on any atom is -0.280 e. The van der Waals surface area contributed by atoms with E-state index < -0.39 is 10.0 Å². The molecule has 0 saturated carbocycles. The first kappa shape index (κ1) is 14.3. The predicted molar refractivity (Wildman–Crippen MR) is 93.9 cm³/mol. The number of hydrogen-bond donors (Lipinski definition) is 1. The summed E-state index contributed by atoms with van der Waals surface area (Å²) in [4.78, 5) is 0.291. The molecule has 0 unspecified atom stereocenters. The third-order valence-corrected chi connectivity index (χ3v) is 5.29. The fraction of sp³-hybridized carbons (Fsp3) is 0. The smallest absolute Gasteiger partial charge is 0.262 e. The highest BCUT2D eigenvalue weighted by Gasteiger charge is 2.17. The van der Waals surface area contributed by atoms with Crippen molar-refractivity contribution in [3.05, 3.63) is 70.3 Å². The molecule has 3 aromatic rings. The summed E-state index contributed by atoms with van der Waals surface area (Å²) in [5.41, 5.74) is 0.559. The minimum absolute atomic E-state index is 0.291. The van der Waals surface area contributed by atoms with Crippen molar-refractivity contribution in [1.82, 2.24) is 0 Å². The van der Waals surface area contributed by atoms with Crippen molar-refractivity contribution in [2.75, 3.05) is 4.72 Å². The maximum absolute atomic E-state index is 12.6. The molecule has 106 valence electrons. The van der Waals surface area contributed by atoms with Crippen molar-refractivity contribution in [3.8, 4) is 0 Å². The highest BCUT2D eigenvalue weighted by Crippen LogP contribution is 2.25. The fourth-order valence-electron chi connectivity index (χ4n) is 2.16. The average molecular weight is 409 g/mol. The van der Waals surface area contributed by atoms with Crippen LogP contribution in [0.25, 0.3) is 10.8 Å². The molecule has 0 aromatic heterocycles. The SMILES string of the molecule is O=S(=O)(Nc1ccc(I)cc1)c1cccc2ccccc12. The second-order valence-corrected chi connectivity index (χ2v) is 7.49. The normalized spacial score (nSPS) is 11.5. The minimum atomic E-state index is -3.61. The molecule has 0 atom stereocenters. The second kappa shape index (κ2) is 5.65. The molecule has 0 bridgehead atoms. The summed E-state index contributed by atoms with van der Waals surface area (Å²) in [5.74, 6) is 0. The average Bonchev–Trinajstić information content (AvgIpc) is 2.49. The van der Waals surface area contributed by atoms with E-state index in [1.165, 1.54) is 0 Å². The molecule has 0 spiro atoms. The van der Waals surface area contributed by atoms with Gasteiger partial charge in [-0.25, -0.2) is 8.42 Å². The molecule has 5 heteroatoms. The molecule has 0 saturated heterocycles. The Balaban J connectivity index is 2.06. The Morgan fingerprint density at radius 3 is 2.24 bits per heavy atom. The zero-order valence-corrected chi connectivity index (χ0v) is 13.9. The van der Waals surface area contributed by atoms with Gasteiger partial charge in [-0.15, -0.1) is 0 Å². The standard InChI is InChI=1S/C16H12INO2S/c17-13-8-10-14(11-9-13)18-21(19,20)16-7-3-5-12-4-1-2-6-15(12)16/h1-11,18H. The van der Waals surface area contributed by atoms with E-state index >= 15 is 0 Å². The third kappa shape index (κ3) is 3.03. The predicted octanol–water partition coefficient (Wildman–Crippen LogP) is 4.25. The van der Waals surface area contributed by atoms with E-state index in [2.05, 4.69) is 27.3 Å². The Kier molecular flexibility index (Phi) is 3.86. The van der Waals surface area contributed by atoms with E-state index in [9.17, 15) is 8.42 Å². The lowest BCUT2D eigenvalue weighted by Crippen LogP contribution is -2.13. The highest BCUT2D eigenvalue weighted by molar-refractivity contribution is 14.1. The van der Waals surface area contributed by atoms with Gasteiger partial charge in [0, 0.05) is 14.6 Å². The summed E-state index contributed by atoms with van der Waals surface area (Å²) >= 11 is 2.18. The van der Waals surface area contributed by atoms with Gasteiger partial charge in [0.2, 0.25) is 0 Å². The van der Waals surface area contributed by atoms with Crippen LogP contribution in [0.1, 0.15) is 0 Å². The van der Waals surface area contributed by atoms with Crippen LogP contribution in [0.3, 0.4) is 0 Å². The summed E-state index contributed by atoms with van der Waals surface area (Å²) in [7, 11) is -3.61. The number of hydrogen-bond acceptors (Lipinski definition) is 2. The number of halogens is 1. The van der Waals surface area contributed by atoms with Gasteiger partial charge in [-0.05, 0) is 58.3 Å². The molecule has 0 fully saturated rings. The Hall–Kier alpha value is -1.60. The van der Waals surface area contributed by atoms with E-state index in [0.717, 1.165) is 14.3 Å². The topological polar surface area (TPSA) is 46.2 Å². The van der Waals surface area contributed by atoms with Crippen molar-refractivity contribution >= 4 is 49.1 Å². The van der Waals surface area contributed by atoms with Gasteiger partial charge in [-0.2, -0.15) is 0 Å². The molecule has 0 amide bonds. The van der Waals surface area contributed by atoms with E-state index in [1.807, 2.05) is 42.5 Å². The van der Waals surface area contributed by atoms with Gasteiger partial charge in [0.05, 0.1) is 4.90 Å². The third-order valence-electron chi connectivity index (χ3n) is 3.14. The monoisotopic (exact) mass is 409 g/mol. The van der Waals surface area contributed by atoms with Crippen LogP contribution in [0, 0.1) is 3.57 Å². The van der Waals surface area contributed by atoms with Gasteiger partial charge in [0.25, 0.3) is 10.0 Å². The molecule has 0 aliphatic carbocycles. The first-order chi connectivity index (χ1) is 10.1. The van der Waals surface area contributed by atoms with E-state index in [0.29, 0.717) is 10.6 Å². The summed E-state index contributed by atoms with van der Waals surface area (Å²) in [6.07, 6.45) is 0. The first-order valence-electron chi connectivity index (χ1n) is 6.32. The Labute approximate surface area is 137 Å². The number of sulfonamides is 1. The molecule has 0 aliphatic rings. The van der Waals surface area contributed by atoms with Crippen molar-refractivity contribution in [1.29, 1.82) is 0 Å². The van der Waals surface area contributed by atoms with Crippen LogP contribution in [0.2, 0.25) is 0 Å². The van der Waals surface area contributed by atoms with Crippen molar-refractivity contribution in [3.63, 3.8) is 0 Å². The second-order valence-electron chi connectivity index (χ2n) is 4.59. The molecular weight excluding hydrogens is 397 g/mol. The summed E-state index contributed by atoms with van der Waals surface area (Å²) in [6.45, 7) is 0. The molecule has 3 aromatic carbocycles. The molecule has 0 aliphatic heterocycles. The fourth-order valence-corrected chi connectivity index (χ4v) is 3.81. The van der Waals surface area contributed by atoms with Crippen molar-refractivity contribution in [2.45, 2.75) is 4.90 Å². The lowest BCUT2D eigenvalue weighted by atomic mass is 10.1. The number of fused-ring (bicyclic) bond motifs is 1. The number of rotatable bonds is 3. The van der Waals surface area contributed by atoms with Gasteiger partial charge in [-0.1, -0.05) is 36.4 Å². The van der Waals surface area contributed by atoms with Crippen molar-refractivity contribution < 1.29 is 8.42 Å². The van der Waals surface area contributed by atoms with Crippen LogP contribution >= 0.6 is 22.6 Å². The summed E-state index contributed by atoms with van der Waals surface area (Å²) in [5, 5.41) is 1.63. The first-order valence-corrected chi connectivity index (χ1v) is 8.89. The summed E-state index contributed by atoms with van der Waals surface area (Å²) < 4.78 is 28.9. The maximum atomic E-state index is 12.6. The molecule has 3 nitrogen and oxygen atoms in total. The molecule has 1 N–H and O–H groups in total. The van der Waals surface area contributed by atoms with Crippen molar-refractivity contribution in [2.24, 2.45) is 0 Å². The van der Waals surface area contributed by atoms with Gasteiger partial charge < -0.3 is 0 Å². The molecular formula is C16H12INO2S. The number of anilines is 1. The molecule has 0 radical (unpaired) electrons. The van der Waals surface area contributed by atoms with Gasteiger partial charge in [0.15, 0.2) is 0 Å². The van der Waals surface area contributed by atoms with Crippen LogP contribution in [0.4, 0.5) is 5.69 Å². The lowest BCUT2D eigenvalue weighted by molar-refractivity contribution is 0.602. The van der Waals surface area contributed by atoms with Crippen LogP contribution < -0.4 is 4.72 Å². The van der Waals surface area contributed by atoms with Gasteiger partial charge >= 0.3 is 0 Å². The Morgan fingerprint density at radius 2 is 1.48 bits per heavy atom. The van der Waals surface area contributed by atoms with Crippen LogP contribution in [0.15, 0.2) is 71.6 Å². The van der Waals surface area contributed by atoms with Crippen LogP contribution in [-0.2, 0) is 10.0 Å².